The highest BCUT2D eigenvalue weighted by Gasteiger charge is 2.28. The van der Waals surface area contributed by atoms with Crippen LogP contribution in [0, 0.1) is 0 Å². The van der Waals surface area contributed by atoms with E-state index in [4.69, 9.17) is 5.73 Å². The Morgan fingerprint density at radius 3 is 2.56 bits per heavy atom. The van der Waals surface area contributed by atoms with Crippen molar-refractivity contribution in [1.29, 1.82) is 0 Å². The van der Waals surface area contributed by atoms with Gasteiger partial charge >= 0.3 is 0 Å². The van der Waals surface area contributed by atoms with Crippen LogP contribution in [0.5, 0.6) is 0 Å². The van der Waals surface area contributed by atoms with Crippen LogP contribution in [-0.4, -0.2) is 27.8 Å². The third-order valence-corrected chi connectivity index (χ3v) is 2.29. The number of halogens is 3. The highest BCUT2D eigenvalue weighted by molar-refractivity contribution is 5.93. The van der Waals surface area contributed by atoms with Crippen molar-refractivity contribution in [3.8, 4) is 0 Å². The zero-order chi connectivity index (χ0) is 12.3. The Balaban J connectivity index is 0. The maximum atomic E-state index is 13.6. The zero-order valence-corrected chi connectivity index (χ0v) is 11.7. The first-order chi connectivity index (χ1) is 7.32. The maximum absolute atomic E-state index is 13.6. The van der Waals surface area contributed by atoms with E-state index in [-0.39, 0.29) is 42.5 Å². The van der Waals surface area contributed by atoms with Crippen molar-refractivity contribution in [3.05, 3.63) is 29.6 Å². The molecule has 1 heterocycles. The van der Waals surface area contributed by atoms with E-state index in [2.05, 4.69) is 4.98 Å². The number of carbonyl (C=O) groups excluding carboxylic acids is 1. The highest BCUT2D eigenvalue weighted by Crippen LogP contribution is 2.18. The van der Waals surface area contributed by atoms with Gasteiger partial charge in [-0.3, -0.25) is 9.78 Å². The fourth-order valence-electron chi connectivity index (χ4n) is 1.24. The van der Waals surface area contributed by atoms with Crippen LogP contribution in [-0.2, 0) is 6.42 Å². The van der Waals surface area contributed by atoms with Gasteiger partial charge in [-0.05, 0) is 26.0 Å². The summed E-state index contributed by atoms with van der Waals surface area (Å²) in [6.45, 7) is 2.73. The largest absolute Gasteiger partial charge is 0.387 e. The number of aromatic nitrogens is 1. The summed E-state index contributed by atoms with van der Waals surface area (Å²) in [5, 5.41) is 9.46. The van der Waals surface area contributed by atoms with E-state index in [1.54, 1.807) is 6.07 Å². The second-order valence-electron chi connectivity index (χ2n) is 4.19. The molecule has 0 spiro atoms. The molecule has 0 radical (unpaired) electrons. The summed E-state index contributed by atoms with van der Waals surface area (Å²) in [7, 11) is 0. The fraction of sp³-hybridized carbons (Fsp3) is 0.455. The van der Waals surface area contributed by atoms with Crippen LogP contribution in [0.1, 0.15) is 29.9 Å². The van der Waals surface area contributed by atoms with Gasteiger partial charge in [0.25, 0.3) is 5.91 Å². The van der Waals surface area contributed by atoms with E-state index < -0.39 is 17.7 Å². The number of rotatable bonds is 4. The first-order valence-corrected chi connectivity index (χ1v) is 4.92. The van der Waals surface area contributed by atoms with E-state index in [1.807, 2.05) is 0 Å². The highest BCUT2D eigenvalue weighted by atomic mass is 35.5. The average molecular weight is 299 g/mol. The van der Waals surface area contributed by atoms with Gasteiger partial charge in [-0.25, -0.2) is 4.39 Å². The molecule has 0 aliphatic carbocycles. The molecule has 18 heavy (non-hydrogen) atoms. The Hall–Kier alpha value is -0.910. The van der Waals surface area contributed by atoms with Crippen molar-refractivity contribution >= 4 is 30.7 Å². The van der Waals surface area contributed by atoms with Crippen molar-refractivity contribution < 1.29 is 14.3 Å². The molecule has 1 atom stereocenters. The number of alkyl halides is 1. The van der Waals surface area contributed by atoms with E-state index in [0.717, 1.165) is 0 Å². The van der Waals surface area contributed by atoms with E-state index in [0.29, 0.717) is 0 Å². The third-order valence-electron chi connectivity index (χ3n) is 2.29. The molecule has 0 saturated heterocycles. The molecule has 0 unspecified atom stereocenters. The quantitative estimate of drug-likeness (QED) is 0.888. The molecule has 4 nitrogen and oxygen atoms in total. The van der Waals surface area contributed by atoms with Crippen molar-refractivity contribution in [1.82, 2.24) is 4.98 Å². The van der Waals surface area contributed by atoms with Gasteiger partial charge in [0.15, 0.2) is 0 Å². The van der Waals surface area contributed by atoms with Gasteiger partial charge in [-0.2, -0.15) is 0 Å². The predicted molar refractivity (Wildman–Crippen MR) is 72.1 cm³/mol. The molecule has 1 aromatic heterocycles. The van der Waals surface area contributed by atoms with E-state index in [9.17, 15) is 14.3 Å². The van der Waals surface area contributed by atoms with Gasteiger partial charge in [-0.1, -0.05) is 0 Å². The lowest BCUT2D eigenvalue weighted by Crippen LogP contribution is -2.35. The van der Waals surface area contributed by atoms with Crippen LogP contribution in [0.25, 0.3) is 0 Å². The standard InChI is InChI=1S/C11H15FN2O2.2ClH/c1-11(2,16)9(12)6-8-7(10(13)15)4-3-5-14-8;;/h3-5,9,16H,6H2,1-2H3,(H2,13,15);2*1H/t9-;;/m1../s1. The molecule has 0 aliphatic rings. The number of pyridine rings is 1. The van der Waals surface area contributed by atoms with Crippen LogP contribution < -0.4 is 5.73 Å². The molecule has 1 amide bonds. The minimum absolute atomic E-state index is 0. The molecule has 3 N–H and O–H groups in total. The fourth-order valence-corrected chi connectivity index (χ4v) is 1.24. The first kappa shape index (κ1) is 19.4. The van der Waals surface area contributed by atoms with Gasteiger partial charge in [-0.15, -0.1) is 24.8 Å². The molecular formula is C11H17Cl2FN2O2. The summed E-state index contributed by atoms with van der Waals surface area (Å²) < 4.78 is 13.6. The second-order valence-corrected chi connectivity index (χ2v) is 4.19. The van der Waals surface area contributed by atoms with Crippen LogP contribution in [0.2, 0.25) is 0 Å². The number of hydrogen-bond acceptors (Lipinski definition) is 3. The van der Waals surface area contributed by atoms with Crippen molar-refractivity contribution in [3.63, 3.8) is 0 Å². The minimum atomic E-state index is -1.50. The van der Waals surface area contributed by atoms with Gasteiger partial charge < -0.3 is 10.8 Å². The lowest BCUT2D eigenvalue weighted by molar-refractivity contribution is -0.00308. The molecule has 0 saturated carbocycles. The van der Waals surface area contributed by atoms with Crippen LogP contribution in [0.15, 0.2) is 18.3 Å². The Kier molecular flexibility index (Phi) is 8.10. The van der Waals surface area contributed by atoms with Gasteiger partial charge in [0.2, 0.25) is 0 Å². The van der Waals surface area contributed by atoms with Crippen LogP contribution in [0.3, 0.4) is 0 Å². The summed E-state index contributed by atoms with van der Waals surface area (Å²) in [5.41, 5.74) is 4.13. The van der Waals surface area contributed by atoms with Gasteiger partial charge in [0.05, 0.1) is 16.9 Å². The van der Waals surface area contributed by atoms with Crippen molar-refractivity contribution in [2.24, 2.45) is 5.73 Å². The van der Waals surface area contributed by atoms with Crippen molar-refractivity contribution in [2.75, 3.05) is 0 Å². The molecular weight excluding hydrogens is 282 g/mol. The molecule has 0 fully saturated rings. The summed E-state index contributed by atoms with van der Waals surface area (Å²) in [5.74, 6) is -0.647. The molecule has 7 heteroatoms. The number of nitrogens with two attached hydrogens (primary N) is 1. The third kappa shape index (κ3) is 5.16. The summed E-state index contributed by atoms with van der Waals surface area (Å²) >= 11 is 0. The summed E-state index contributed by atoms with van der Waals surface area (Å²) in [6, 6.07) is 3.04. The smallest absolute Gasteiger partial charge is 0.250 e. The first-order valence-electron chi connectivity index (χ1n) is 4.92. The normalized spacial score (nSPS) is 12.0. The lowest BCUT2D eigenvalue weighted by atomic mass is 9.97. The average Bonchev–Trinajstić information content (AvgIpc) is 2.16. The Labute approximate surface area is 118 Å². The number of primary amides is 1. The van der Waals surface area contributed by atoms with Gasteiger partial charge in [0, 0.05) is 12.6 Å². The van der Waals surface area contributed by atoms with Crippen LogP contribution >= 0.6 is 24.8 Å². The lowest BCUT2D eigenvalue weighted by Gasteiger charge is -2.22. The number of hydrogen-bond donors (Lipinski definition) is 2. The Morgan fingerprint density at radius 2 is 2.11 bits per heavy atom. The molecule has 1 rings (SSSR count). The number of amides is 1. The second kappa shape index (κ2) is 7.51. The molecule has 104 valence electrons. The number of aliphatic hydroxyl groups is 1. The maximum Gasteiger partial charge on any atom is 0.250 e. The topological polar surface area (TPSA) is 76.2 Å². The molecule has 0 aliphatic heterocycles. The number of carbonyl (C=O) groups is 1. The monoisotopic (exact) mass is 298 g/mol. The van der Waals surface area contributed by atoms with Crippen molar-refractivity contribution in [2.45, 2.75) is 32.0 Å². The zero-order valence-electron chi connectivity index (χ0n) is 10.1. The molecule has 0 aromatic carbocycles. The predicted octanol–water partition coefficient (Wildman–Crippen LogP) is 1.68. The van der Waals surface area contributed by atoms with Crippen LogP contribution in [0.4, 0.5) is 4.39 Å². The van der Waals surface area contributed by atoms with E-state index in [1.165, 1.54) is 26.1 Å². The number of nitrogens with zero attached hydrogens (tertiary/aromatic N) is 1. The molecule has 1 aromatic rings. The Morgan fingerprint density at radius 1 is 1.56 bits per heavy atom. The summed E-state index contributed by atoms with van der Waals surface area (Å²) in [4.78, 5) is 15.0. The SMILES string of the molecule is CC(C)(O)[C@H](F)Cc1ncccc1C(N)=O.Cl.Cl. The summed E-state index contributed by atoms with van der Waals surface area (Å²) in [6.07, 6.45) is -0.179. The van der Waals surface area contributed by atoms with E-state index >= 15 is 0 Å². The Bertz CT molecular complexity index is 397. The minimum Gasteiger partial charge on any atom is -0.387 e. The molecule has 0 bridgehead atoms. The van der Waals surface area contributed by atoms with Gasteiger partial charge in [0.1, 0.15) is 6.17 Å².